The molecule has 3 aromatic rings. The van der Waals surface area contributed by atoms with Crippen LogP contribution in [0.4, 0.5) is 5.69 Å². The molecular weight excluding hydrogens is 322 g/mol. The topological polar surface area (TPSA) is 77.0 Å². The Morgan fingerprint density at radius 1 is 1.00 bits per heavy atom. The van der Waals surface area contributed by atoms with Gasteiger partial charge in [-0.1, -0.05) is 6.07 Å². The largest absolute Gasteiger partial charge is 0.497 e. The van der Waals surface area contributed by atoms with E-state index in [0.717, 1.165) is 21.5 Å². The normalized spacial score (nSPS) is 12.6. The highest BCUT2D eigenvalue weighted by Crippen LogP contribution is 2.50. The van der Waals surface area contributed by atoms with Crippen molar-refractivity contribution in [3.63, 3.8) is 0 Å². The van der Waals surface area contributed by atoms with E-state index in [0.29, 0.717) is 34.1 Å². The van der Waals surface area contributed by atoms with Gasteiger partial charge in [-0.3, -0.25) is 4.79 Å². The lowest BCUT2D eigenvalue weighted by Gasteiger charge is -2.18. The van der Waals surface area contributed by atoms with Gasteiger partial charge in [0.15, 0.2) is 11.5 Å². The molecule has 0 saturated heterocycles. The Bertz CT molecular complexity index is 1040. The summed E-state index contributed by atoms with van der Waals surface area (Å²) in [7, 11) is 4.65. The average molecular weight is 339 g/mol. The Hall–Kier alpha value is -2.99. The van der Waals surface area contributed by atoms with Gasteiger partial charge in [0.2, 0.25) is 0 Å². The van der Waals surface area contributed by atoms with Crippen LogP contribution in [0.1, 0.15) is 15.9 Å². The van der Waals surface area contributed by atoms with Crippen molar-refractivity contribution in [2.45, 2.75) is 6.61 Å². The molecule has 0 fully saturated rings. The Morgan fingerprint density at radius 2 is 1.76 bits per heavy atom. The fraction of sp³-hybridized carbons (Fsp3) is 0.211. The summed E-state index contributed by atoms with van der Waals surface area (Å²) in [5.74, 6) is 1.30. The lowest BCUT2D eigenvalue weighted by atomic mass is 9.93. The maximum absolute atomic E-state index is 12.6. The van der Waals surface area contributed by atoms with Gasteiger partial charge in [-0.2, -0.15) is 0 Å². The van der Waals surface area contributed by atoms with Crippen LogP contribution in [0.3, 0.4) is 0 Å². The molecule has 3 aromatic carbocycles. The van der Waals surface area contributed by atoms with Gasteiger partial charge in [0.1, 0.15) is 5.75 Å². The van der Waals surface area contributed by atoms with Crippen LogP contribution >= 0.6 is 0 Å². The molecule has 0 bridgehead atoms. The SMILES string of the molecule is COc1ccc2cc3c4c(c(CO)c(OC)c(OC)c4c2c1)C(=O)N3. The Morgan fingerprint density at radius 3 is 2.40 bits per heavy atom. The van der Waals surface area contributed by atoms with E-state index in [1.807, 2.05) is 24.3 Å². The molecule has 1 amide bonds. The van der Waals surface area contributed by atoms with Crippen molar-refractivity contribution in [1.82, 2.24) is 0 Å². The van der Waals surface area contributed by atoms with E-state index in [1.54, 1.807) is 14.2 Å². The predicted molar refractivity (Wildman–Crippen MR) is 95.0 cm³/mol. The summed E-state index contributed by atoms with van der Waals surface area (Å²) < 4.78 is 16.5. The Balaban J connectivity index is 2.31. The number of methoxy groups -OCH3 is 3. The molecule has 0 radical (unpaired) electrons. The lowest BCUT2D eigenvalue weighted by Crippen LogP contribution is -2.09. The number of fused-ring (bicyclic) bond motifs is 2. The van der Waals surface area contributed by atoms with Crippen molar-refractivity contribution in [3.05, 3.63) is 35.4 Å². The molecule has 0 saturated carbocycles. The zero-order valence-electron chi connectivity index (χ0n) is 14.1. The molecule has 1 aliphatic heterocycles. The smallest absolute Gasteiger partial charge is 0.256 e. The van der Waals surface area contributed by atoms with Crippen LogP contribution < -0.4 is 19.5 Å². The molecule has 4 rings (SSSR count). The number of hydrogen-bond acceptors (Lipinski definition) is 5. The van der Waals surface area contributed by atoms with Gasteiger partial charge in [0.25, 0.3) is 5.91 Å². The predicted octanol–water partition coefficient (Wildman–Crippen LogP) is 3.08. The van der Waals surface area contributed by atoms with Crippen molar-refractivity contribution in [2.24, 2.45) is 0 Å². The summed E-state index contributed by atoms with van der Waals surface area (Å²) in [4.78, 5) is 12.6. The first kappa shape index (κ1) is 15.5. The van der Waals surface area contributed by atoms with Gasteiger partial charge in [-0.05, 0) is 29.0 Å². The molecule has 0 atom stereocenters. The van der Waals surface area contributed by atoms with Crippen molar-refractivity contribution in [2.75, 3.05) is 26.6 Å². The number of nitrogens with one attached hydrogen (secondary N) is 1. The Labute approximate surface area is 143 Å². The standard InChI is InChI=1S/C19H17NO5/c1-23-10-5-4-9-6-13-16-14(11(9)7-10)18(25-3)17(24-2)12(8-21)15(16)19(22)20-13/h4-7,21H,8H2,1-3H3,(H,20,22). The number of rotatable bonds is 4. The van der Waals surface area contributed by atoms with E-state index < -0.39 is 0 Å². The number of benzene rings is 3. The minimum Gasteiger partial charge on any atom is -0.497 e. The van der Waals surface area contributed by atoms with Crippen LogP contribution in [0.2, 0.25) is 0 Å². The number of aliphatic hydroxyl groups is 1. The second-order valence-corrected chi connectivity index (χ2v) is 5.79. The van der Waals surface area contributed by atoms with Gasteiger partial charge in [-0.25, -0.2) is 0 Å². The van der Waals surface area contributed by atoms with E-state index in [-0.39, 0.29) is 12.5 Å². The summed E-state index contributed by atoms with van der Waals surface area (Å²) in [6, 6.07) is 7.62. The van der Waals surface area contributed by atoms with Crippen LogP contribution in [0.25, 0.3) is 21.5 Å². The summed E-state index contributed by atoms with van der Waals surface area (Å²) in [5, 5.41) is 16.0. The summed E-state index contributed by atoms with van der Waals surface area (Å²) in [5.41, 5.74) is 1.54. The molecule has 1 heterocycles. The highest BCUT2D eigenvalue weighted by Gasteiger charge is 2.32. The highest BCUT2D eigenvalue weighted by molar-refractivity contribution is 6.31. The molecule has 0 aromatic heterocycles. The van der Waals surface area contributed by atoms with Gasteiger partial charge in [0.05, 0.1) is 39.2 Å². The maximum Gasteiger partial charge on any atom is 0.256 e. The third-order valence-corrected chi connectivity index (χ3v) is 4.65. The number of hydrogen-bond donors (Lipinski definition) is 2. The van der Waals surface area contributed by atoms with Crippen LogP contribution in [0.15, 0.2) is 24.3 Å². The van der Waals surface area contributed by atoms with Crippen LogP contribution in [0, 0.1) is 0 Å². The molecule has 0 aliphatic carbocycles. The first-order valence-corrected chi connectivity index (χ1v) is 7.78. The molecule has 6 heteroatoms. The molecule has 0 unspecified atom stereocenters. The van der Waals surface area contributed by atoms with Crippen molar-refractivity contribution < 1.29 is 24.1 Å². The molecule has 6 nitrogen and oxygen atoms in total. The average Bonchev–Trinajstić information content (AvgIpc) is 2.97. The van der Waals surface area contributed by atoms with E-state index in [9.17, 15) is 9.90 Å². The maximum atomic E-state index is 12.6. The van der Waals surface area contributed by atoms with Gasteiger partial charge >= 0.3 is 0 Å². The van der Waals surface area contributed by atoms with Crippen molar-refractivity contribution in [3.8, 4) is 17.2 Å². The molecule has 25 heavy (non-hydrogen) atoms. The number of carbonyl (C=O) groups is 1. The Kier molecular flexibility index (Phi) is 3.43. The monoisotopic (exact) mass is 339 g/mol. The number of aliphatic hydroxyl groups excluding tert-OH is 1. The summed E-state index contributed by atoms with van der Waals surface area (Å²) >= 11 is 0. The first-order valence-electron chi connectivity index (χ1n) is 7.78. The second kappa shape index (κ2) is 5.53. The second-order valence-electron chi connectivity index (χ2n) is 5.79. The molecule has 0 spiro atoms. The van der Waals surface area contributed by atoms with Crippen molar-refractivity contribution in [1.29, 1.82) is 0 Å². The van der Waals surface area contributed by atoms with E-state index in [1.165, 1.54) is 7.11 Å². The molecule has 128 valence electrons. The fourth-order valence-electron chi connectivity index (χ4n) is 3.61. The van der Waals surface area contributed by atoms with Gasteiger partial charge < -0.3 is 24.6 Å². The lowest BCUT2D eigenvalue weighted by molar-refractivity contribution is 0.102. The number of amides is 1. The number of anilines is 1. The number of carbonyl (C=O) groups excluding carboxylic acids is 1. The third-order valence-electron chi connectivity index (χ3n) is 4.65. The quantitative estimate of drug-likeness (QED) is 0.714. The minimum atomic E-state index is -0.326. The molecule has 2 N–H and O–H groups in total. The van der Waals surface area contributed by atoms with Gasteiger partial charge in [0, 0.05) is 16.3 Å². The zero-order valence-corrected chi connectivity index (χ0v) is 14.1. The van der Waals surface area contributed by atoms with Crippen LogP contribution in [-0.2, 0) is 6.61 Å². The molecule has 1 aliphatic rings. The first-order chi connectivity index (χ1) is 12.1. The van der Waals surface area contributed by atoms with Gasteiger partial charge in [-0.15, -0.1) is 0 Å². The molecular formula is C19H17NO5. The van der Waals surface area contributed by atoms with E-state index in [4.69, 9.17) is 14.2 Å². The van der Waals surface area contributed by atoms with E-state index in [2.05, 4.69) is 5.32 Å². The number of ether oxygens (including phenoxy) is 3. The summed E-state index contributed by atoms with van der Waals surface area (Å²) in [6.07, 6.45) is 0. The van der Waals surface area contributed by atoms with Crippen LogP contribution in [0.5, 0.6) is 17.2 Å². The zero-order chi connectivity index (χ0) is 17.7. The highest BCUT2D eigenvalue weighted by atomic mass is 16.5. The third kappa shape index (κ3) is 1.97. The summed E-state index contributed by atoms with van der Waals surface area (Å²) in [6.45, 7) is -0.326. The van der Waals surface area contributed by atoms with E-state index >= 15 is 0 Å². The fourth-order valence-corrected chi connectivity index (χ4v) is 3.61. The van der Waals surface area contributed by atoms with Crippen molar-refractivity contribution >= 4 is 33.1 Å². The van der Waals surface area contributed by atoms with Crippen LogP contribution in [-0.4, -0.2) is 32.3 Å². The minimum absolute atomic E-state index is 0.257.